The minimum Gasteiger partial charge on any atom is -0.385 e. The summed E-state index contributed by atoms with van der Waals surface area (Å²) in [5.74, 6) is 0.894. The van der Waals surface area contributed by atoms with E-state index in [4.69, 9.17) is 0 Å². The number of benzene rings is 1. The molecule has 0 atom stereocenters. The Balaban J connectivity index is 1.54. The second kappa shape index (κ2) is 8.54. The van der Waals surface area contributed by atoms with Crippen LogP contribution in [0.1, 0.15) is 36.8 Å². The van der Waals surface area contributed by atoms with Crippen molar-refractivity contribution >= 4 is 5.69 Å². The average molecular weight is 354 g/mol. The fourth-order valence-corrected chi connectivity index (χ4v) is 3.79. The summed E-state index contributed by atoms with van der Waals surface area (Å²) in [5, 5.41) is 3.54. The molecule has 1 aliphatic heterocycles. The highest BCUT2D eigenvalue weighted by molar-refractivity contribution is 5.53. The lowest BCUT2D eigenvalue weighted by Crippen LogP contribution is -2.30. The van der Waals surface area contributed by atoms with Crippen LogP contribution in [-0.4, -0.2) is 36.1 Å². The number of aryl methyl sites for hydroxylation is 2. The molecule has 0 saturated carbocycles. The zero-order valence-electron chi connectivity index (χ0n) is 16.3. The molecular formula is C22H31N3O. The Hall–Kier alpha value is -2.07. The van der Waals surface area contributed by atoms with Gasteiger partial charge in [0.05, 0.1) is 5.69 Å². The van der Waals surface area contributed by atoms with Crippen LogP contribution in [0.25, 0.3) is 5.69 Å². The number of piperidine rings is 1. The van der Waals surface area contributed by atoms with E-state index in [1.165, 1.54) is 38.8 Å². The van der Waals surface area contributed by atoms with E-state index in [1.54, 1.807) is 10.6 Å². The summed E-state index contributed by atoms with van der Waals surface area (Å²) in [4.78, 5) is 14.6. The van der Waals surface area contributed by atoms with Gasteiger partial charge in [-0.05, 0) is 94.9 Å². The van der Waals surface area contributed by atoms with Gasteiger partial charge in [-0.2, -0.15) is 0 Å². The predicted octanol–water partition coefficient (Wildman–Crippen LogP) is 3.99. The molecule has 1 aromatic carbocycles. The van der Waals surface area contributed by atoms with Gasteiger partial charge in [-0.3, -0.25) is 9.36 Å². The molecular weight excluding hydrogens is 322 g/mol. The fourth-order valence-electron chi connectivity index (χ4n) is 3.79. The van der Waals surface area contributed by atoms with Crippen LogP contribution in [-0.2, 0) is 0 Å². The van der Waals surface area contributed by atoms with Gasteiger partial charge < -0.3 is 10.2 Å². The summed E-state index contributed by atoms with van der Waals surface area (Å²) < 4.78 is 1.73. The Morgan fingerprint density at radius 3 is 2.62 bits per heavy atom. The van der Waals surface area contributed by atoms with Gasteiger partial charge in [-0.1, -0.05) is 6.07 Å². The number of hydrogen-bond acceptors (Lipinski definition) is 3. The highest BCUT2D eigenvalue weighted by atomic mass is 16.1. The third-order valence-corrected chi connectivity index (χ3v) is 5.47. The van der Waals surface area contributed by atoms with Crippen LogP contribution in [0.3, 0.4) is 0 Å². The smallest absolute Gasteiger partial charge is 0.255 e. The lowest BCUT2D eigenvalue weighted by Gasteiger charge is -2.28. The Morgan fingerprint density at radius 2 is 1.88 bits per heavy atom. The second-order valence-electron chi connectivity index (χ2n) is 7.73. The number of aromatic nitrogens is 1. The van der Waals surface area contributed by atoms with E-state index in [-0.39, 0.29) is 5.56 Å². The molecule has 1 fully saturated rings. The fraction of sp³-hybridized carbons (Fsp3) is 0.500. The number of pyridine rings is 1. The second-order valence-corrected chi connectivity index (χ2v) is 7.73. The summed E-state index contributed by atoms with van der Waals surface area (Å²) in [6, 6.07) is 9.74. The van der Waals surface area contributed by atoms with Gasteiger partial charge in [0, 0.05) is 24.5 Å². The van der Waals surface area contributed by atoms with E-state index >= 15 is 0 Å². The average Bonchev–Trinajstić information content (AvgIpc) is 2.63. The van der Waals surface area contributed by atoms with E-state index < -0.39 is 0 Å². The number of nitrogens with one attached hydrogen (secondary N) is 1. The first-order valence-corrected chi connectivity index (χ1v) is 9.75. The Bertz CT molecular complexity index is 788. The van der Waals surface area contributed by atoms with Crippen molar-refractivity contribution in [3.8, 4) is 5.69 Å². The molecule has 0 unspecified atom stereocenters. The van der Waals surface area contributed by atoms with Crippen LogP contribution in [0.5, 0.6) is 0 Å². The summed E-state index contributed by atoms with van der Waals surface area (Å²) >= 11 is 0. The monoisotopic (exact) mass is 353 g/mol. The van der Waals surface area contributed by atoms with Crippen LogP contribution >= 0.6 is 0 Å². The maximum atomic E-state index is 12.1. The van der Waals surface area contributed by atoms with Gasteiger partial charge in [0.25, 0.3) is 5.56 Å². The van der Waals surface area contributed by atoms with Crippen molar-refractivity contribution in [2.24, 2.45) is 5.92 Å². The molecule has 1 N–H and O–H groups in total. The molecule has 4 nitrogen and oxygen atoms in total. The largest absolute Gasteiger partial charge is 0.385 e. The quantitative estimate of drug-likeness (QED) is 0.798. The normalized spacial score (nSPS) is 16.0. The van der Waals surface area contributed by atoms with E-state index in [0.29, 0.717) is 0 Å². The molecule has 2 heterocycles. The summed E-state index contributed by atoms with van der Waals surface area (Å²) in [5.41, 5.74) is 4.29. The Labute approximate surface area is 156 Å². The molecule has 1 aliphatic rings. The third kappa shape index (κ3) is 4.76. The van der Waals surface area contributed by atoms with Crippen LogP contribution in [0.2, 0.25) is 0 Å². The van der Waals surface area contributed by atoms with Crippen LogP contribution in [0, 0.1) is 19.8 Å². The van der Waals surface area contributed by atoms with Crippen LogP contribution < -0.4 is 10.9 Å². The molecule has 1 aromatic heterocycles. The molecule has 0 bridgehead atoms. The van der Waals surface area contributed by atoms with E-state index in [0.717, 1.165) is 35.0 Å². The lowest BCUT2D eigenvalue weighted by atomic mass is 9.92. The highest BCUT2D eigenvalue weighted by Gasteiger charge is 2.15. The topological polar surface area (TPSA) is 37.3 Å². The molecule has 0 spiro atoms. The van der Waals surface area contributed by atoms with Gasteiger partial charge in [-0.15, -0.1) is 0 Å². The molecule has 0 aliphatic carbocycles. The molecule has 3 rings (SSSR count). The molecule has 0 radical (unpaired) electrons. The minimum atomic E-state index is 0.0116. The van der Waals surface area contributed by atoms with Crippen molar-refractivity contribution in [3.63, 3.8) is 0 Å². The molecule has 4 heteroatoms. The van der Waals surface area contributed by atoms with Gasteiger partial charge in [0.2, 0.25) is 0 Å². The van der Waals surface area contributed by atoms with Crippen LogP contribution in [0.4, 0.5) is 5.69 Å². The van der Waals surface area contributed by atoms with Gasteiger partial charge in [0.1, 0.15) is 0 Å². The van der Waals surface area contributed by atoms with E-state index in [1.807, 2.05) is 25.3 Å². The summed E-state index contributed by atoms with van der Waals surface area (Å²) in [6.07, 6.45) is 7.12. The summed E-state index contributed by atoms with van der Waals surface area (Å²) in [6.45, 7) is 7.57. The first kappa shape index (κ1) is 18.7. The standard InChI is InChI=1S/C22H31N3O/c1-17-6-9-22(26)25(16-17)21-8-7-20(15-18(21)2)23-12-4-5-19-10-13-24(3)14-11-19/h6-9,15-16,19,23H,4-5,10-14H2,1-3H3. The lowest BCUT2D eigenvalue weighted by molar-refractivity contribution is 0.211. The third-order valence-electron chi connectivity index (χ3n) is 5.47. The predicted molar refractivity (Wildman–Crippen MR) is 109 cm³/mol. The summed E-state index contributed by atoms with van der Waals surface area (Å²) in [7, 11) is 2.22. The molecule has 0 amide bonds. The molecule has 140 valence electrons. The van der Waals surface area contributed by atoms with Crippen molar-refractivity contribution in [3.05, 3.63) is 58.0 Å². The minimum absolute atomic E-state index is 0.0116. The molecule has 1 saturated heterocycles. The van der Waals surface area contributed by atoms with Crippen molar-refractivity contribution in [1.29, 1.82) is 0 Å². The number of likely N-dealkylation sites (tertiary alicyclic amines) is 1. The van der Waals surface area contributed by atoms with Gasteiger partial charge >= 0.3 is 0 Å². The number of rotatable bonds is 6. The molecule has 2 aromatic rings. The first-order chi connectivity index (χ1) is 12.5. The number of anilines is 1. The highest BCUT2D eigenvalue weighted by Crippen LogP contribution is 2.22. The van der Waals surface area contributed by atoms with Crippen LogP contribution in [0.15, 0.2) is 41.3 Å². The van der Waals surface area contributed by atoms with Gasteiger partial charge in [0.15, 0.2) is 0 Å². The maximum Gasteiger partial charge on any atom is 0.255 e. The van der Waals surface area contributed by atoms with E-state index in [9.17, 15) is 4.79 Å². The number of hydrogen-bond donors (Lipinski definition) is 1. The van der Waals surface area contributed by atoms with Crippen molar-refractivity contribution in [2.75, 3.05) is 32.0 Å². The Kier molecular flexibility index (Phi) is 6.15. The van der Waals surface area contributed by atoms with Crippen molar-refractivity contribution < 1.29 is 0 Å². The van der Waals surface area contributed by atoms with Crippen molar-refractivity contribution in [1.82, 2.24) is 9.47 Å². The van der Waals surface area contributed by atoms with Gasteiger partial charge in [-0.25, -0.2) is 0 Å². The first-order valence-electron chi connectivity index (χ1n) is 9.75. The van der Waals surface area contributed by atoms with Crippen molar-refractivity contribution in [2.45, 2.75) is 39.5 Å². The van der Waals surface area contributed by atoms with E-state index in [2.05, 4.69) is 36.3 Å². The zero-order chi connectivity index (χ0) is 18.5. The zero-order valence-corrected chi connectivity index (χ0v) is 16.3. The number of nitrogens with zero attached hydrogens (tertiary/aromatic N) is 2. The SMILES string of the molecule is Cc1ccc(=O)n(-c2ccc(NCCCC3CCN(C)CC3)cc2C)c1. The molecule has 26 heavy (non-hydrogen) atoms. The maximum absolute atomic E-state index is 12.1. The Morgan fingerprint density at radius 1 is 1.12 bits per heavy atom.